The molecular formula is C63H107N19O15S. The number of carboxylic acids is 1. The van der Waals surface area contributed by atoms with Gasteiger partial charge in [-0.05, 0) is 100 Å². The van der Waals surface area contributed by atoms with Gasteiger partial charge in [0.2, 0.25) is 76.8 Å². The van der Waals surface area contributed by atoms with Gasteiger partial charge in [-0.1, -0.05) is 86.5 Å². The molecule has 1 heterocycles. The highest BCUT2D eigenvalue weighted by Gasteiger charge is 2.46. The summed E-state index contributed by atoms with van der Waals surface area (Å²) < 4.78 is 0. The van der Waals surface area contributed by atoms with Crippen LogP contribution in [0.3, 0.4) is 0 Å². The number of guanidine groups is 1. The summed E-state index contributed by atoms with van der Waals surface area (Å²) >= 11 is 1.31. The van der Waals surface area contributed by atoms with E-state index < -0.39 is 192 Å². The van der Waals surface area contributed by atoms with E-state index in [1.807, 2.05) is 0 Å². The summed E-state index contributed by atoms with van der Waals surface area (Å²) in [5.41, 5.74) is 31.4. The lowest BCUT2D eigenvalue weighted by Gasteiger charge is -2.40. The number of amides is 13. The van der Waals surface area contributed by atoms with E-state index in [4.69, 9.17) is 34.4 Å². The third kappa shape index (κ3) is 28.4. The molecule has 0 saturated heterocycles. The van der Waals surface area contributed by atoms with E-state index in [-0.39, 0.29) is 82.0 Å². The first-order valence-corrected chi connectivity index (χ1v) is 35.0. The second kappa shape index (κ2) is 41.6. The van der Waals surface area contributed by atoms with Crippen LogP contribution in [-0.2, 0) is 73.5 Å². The molecule has 0 radical (unpaired) electrons. The maximum absolute atomic E-state index is 14.7. The van der Waals surface area contributed by atoms with Crippen LogP contribution in [0, 0.1) is 17.8 Å². The van der Waals surface area contributed by atoms with Crippen molar-refractivity contribution in [2.75, 3.05) is 18.6 Å². The largest absolute Gasteiger partial charge is 0.481 e. The number of H-pyrrole nitrogens is 1. The Kier molecular flexibility index (Phi) is 35.5. The number of nitrogens with zero attached hydrogens (tertiary/aromatic N) is 2. The van der Waals surface area contributed by atoms with E-state index in [0.29, 0.717) is 37.8 Å². The Balaban J connectivity index is 1.93. The van der Waals surface area contributed by atoms with Crippen LogP contribution in [-0.4, -0.2) is 188 Å². The van der Waals surface area contributed by atoms with Crippen molar-refractivity contribution in [3.63, 3.8) is 0 Å². The minimum atomic E-state index is -1.61. The highest BCUT2D eigenvalue weighted by Crippen LogP contribution is 2.31. The van der Waals surface area contributed by atoms with Gasteiger partial charge in [0, 0.05) is 44.1 Å². The van der Waals surface area contributed by atoms with Crippen molar-refractivity contribution >= 4 is 100 Å². The van der Waals surface area contributed by atoms with Gasteiger partial charge in [-0.3, -0.25) is 72.1 Å². The molecule has 2 saturated carbocycles. The first-order chi connectivity index (χ1) is 46.1. The minimum Gasteiger partial charge on any atom is -0.481 e. The number of carbonyl (C=O) groups excluding carboxylic acids is 13. The fraction of sp³-hybridized carbons (Fsp3) is 0.714. The summed E-state index contributed by atoms with van der Waals surface area (Å²) in [4.78, 5) is 203. The molecule has 0 unspecified atom stereocenters. The van der Waals surface area contributed by atoms with Gasteiger partial charge < -0.3 is 97.7 Å². The number of hydrogen-bond donors (Lipinski definition) is 18. The molecule has 0 bridgehead atoms. The molecule has 2 aliphatic carbocycles. The molecule has 0 aromatic carbocycles. The Morgan fingerprint density at radius 1 is 0.561 bits per heavy atom. The predicted molar refractivity (Wildman–Crippen MR) is 363 cm³/mol. The van der Waals surface area contributed by atoms with E-state index >= 15 is 0 Å². The van der Waals surface area contributed by atoms with Crippen LogP contribution in [0.2, 0.25) is 0 Å². The Bertz CT molecular complexity index is 2920. The molecule has 0 aliphatic heterocycles. The highest BCUT2D eigenvalue weighted by atomic mass is 32.2. The number of primary amides is 3. The zero-order valence-corrected chi connectivity index (χ0v) is 58.3. The van der Waals surface area contributed by atoms with E-state index in [1.165, 1.54) is 24.3 Å². The molecule has 1 aromatic rings. The third-order valence-electron chi connectivity index (χ3n) is 17.4. The summed E-state index contributed by atoms with van der Waals surface area (Å²) in [5.74, 6) is -13.8. The number of rotatable bonds is 44. The number of aliphatic imine (C=N–C) groups is 1. The van der Waals surface area contributed by atoms with Crippen molar-refractivity contribution in [1.29, 1.82) is 0 Å². The Hall–Kier alpha value is -8.63. The fourth-order valence-electron chi connectivity index (χ4n) is 11.5. The number of carbonyl (C=O) groups is 14. The molecule has 2 fully saturated rings. The molecule has 35 heteroatoms. The van der Waals surface area contributed by atoms with E-state index in [2.05, 4.69) is 68.1 Å². The molecule has 3 rings (SSSR count). The first kappa shape index (κ1) is 83.6. The summed E-state index contributed by atoms with van der Waals surface area (Å²) in [6, 6.07) is -12.9. The van der Waals surface area contributed by atoms with Gasteiger partial charge in [0.1, 0.15) is 59.9 Å². The monoisotopic (exact) mass is 1400 g/mol. The minimum absolute atomic E-state index is 0.00932. The molecule has 10 atom stereocenters. The maximum Gasteiger partial charge on any atom is 0.303 e. The van der Waals surface area contributed by atoms with Crippen LogP contribution in [0.15, 0.2) is 17.5 Å². The molecule has 1 aromatic heterocycles. The molecule has 550 valence electrons. The molecule has 2 aliphatic rings. The normalized spacial score (nSPS) is 17.1. The highest BCUT2D eigenvalue weighted by molar-refractivity contribution is 7.98. The Morgan fingerprint density at radius 2 is 1.04 bits per heavy atom. The van der Waals surface area contributed by atoms with Crippen molar-refractivity contribution in [1.82, 2.24) is 63.1 Å². The lowest BCUT2D eigenvalue weighted by atomic mass is 9.79. The van der Waals surface area contributed by atoms with Crippen LogP contribution in [0.1, 0.15) is 182 Å². The van der Waals surface area contributed by atoms with Gasteiger partial charge in [-0.15, -0.1) is 0 Å². The van der Waals surface area contributed by atoms with Crippen molar-refractivity contribution in [3.05, 3.63) is 18.2 Å². The Labute approximate surface area is 575 Å². The zero-order valence-electron chi connectivity index (χ0n) is 57.5. The number of aliphatic carboxylic acids is 1. The number of hydrogen-bond acceptors (Lipinski definition) is 18. The SMILES string of the molecule is CC[C@H](C)[C@H](NC(=O)[C@H](CCC(=O)O)NC(=O)C1(NC(=O)[C@@H](NC(=O)C2(N)CCCCC2)C(C)C)CCCCC1)C(=O)N[C@@H](CCC(N)=O)C(=O)N[C@@H](CC(C)C)C(=O)N[C@@H](CCSC)C(=O)N[C@@H](Cc1cnc[nH]1)C(=O)N[C@@H](CCC(N)=O)C(=O)N[C@@H](CCCN=C(N)N)C(N)=O. The quantitative estimate of drug-likeness (QED) is 0.0179. The number of nitrogens with one attached hydrogen (secondary N) is 11. The smallest absolute Gasteiger partial charge is 0.303 e. The number of aromatic nitrogens is 2. The van der Waals surface area contributed by atoms with E-state index in [1.54, 1.807) is 47.8 Å². The molecule has 24 N–H and O–H groups in total. The lowest BCUT2D eigenvalue weighted by molar-refractivity contribution is -0.141. The van der Waals surface area contributed by atoms with E-state index in [9.17, 15) is 72.2 Å². The average molecular weight is 1400 g/mol. The number of thioether (sulfide) groups is 1. The zero-order chi connectivity index (χ0) is 73.5. The van der Waals surface area contributed by atoms with Gasteiger partial charge in [-0.2, -0.15) is 11.8 Å². The summed E-state index contributed by atoms with van der Waals surface area (Å²) in [5, 5.41) is 36.4. The van der Waals surface area contributed by atoms with Gasteiger partial charge in [0.05, 0.1) is 11.9 Å². The van der Waals surface area contributed by atoms with Gasteiger partial charge >= 0.3 is 5.97 Å². The van der Waals surface area contributed by atoms with Gasteiger partial charge in [0.15, 0.2) is 5.96 Å². The van der Waals surface area contributed by atoms with Crippen LogP contribution >= 0.6 is 11.8 Å². The second-order valence-electron chi connectivity index (χ2n) is 26.3. The fourth-order valence-corrected chi connectivity index (χ4v) is 11.9. The number of carboxylic acid groups (broad SMARTS) is 1. The standard InChI is InChI=1S/C63H107N19O15S/c1-8-36(6)49(80-54(91)41(19-22-47(85)86)79-60(97)63(26-13-10-14-27-63)82-58(95)48(35(4)5)81-59(96)62(69)24-11-9-12-25-62)57(94)76-40(18-21-46(65)84)52(89)77-43(30-34(2)3)55(92)75-42(23-29-98-7)53(90)78-44(31-37-32-70-33-72-37)56(93)74-39(17-20-45(64)83)51(88)73-38(50(66)87)16-15-28-71-61(67)68/h32-36,38-44,48-49H,8-31,69H2,1-7H3,(H2,64,83)(H2,65,84)(H2,66,87)(H,70,72)(H,73,88)(H,74,93)(H,75,92)(H,76,94)(H,77,89)(H,78,90)(H,79,97)(H,80,91)(H,81,96)(H,82,95)(H,85,86)(H4,67,68,71)/t36-,38-,39-,40-,41-,42-,43-,44-,48-,49-/m0/s1. The summed E-state index contributed by atoms with van der Waals surface area (Å²) in [6.07, 6.45) is 7.06. The maximum atomic E-state index is 14.7. The average Bonchev–Trinajstić information content (AvgIpc) is 0.849. The van der Waals surface area contributed by atoms with Gasteiger partial charge in [0.25, 0.3) is 0 Å². The van der Waals surface area contributed by atoms with Crippen molar-refractivity contribution < 1.29 is 72.2 Å². The molecule has 0 spiro atoms. The molecule has 98 heavy (non-hydrogen) atoms. The second-order valence-corrected chi connectivity index (χ2v) is 27.3. The van der Waals surface area contributed by atoms with Crippen molar-refractivity contribution in [2.24, 2.45) is 57.1 Å². The number of imidazole rings is 1. The van der Waals surface area contributed by atoms with Gasteiger partial charge in [-0.25, -0.2) is 4.98 Å². The number of nitrogens with two attached hydrogens (primary N) is 6. The van der Waals surface area contributed by atoms with Crippen LogP contribution in [0.5, 0.6) is 0 Å². The van der Waals surface area contributed by atoms with Crippen molar-refractivity contribution in [2.45, 2.75) is 248 Å². The topological polar surface area (TPSA) is 577 Å². The van der Waals surface area contributed by atoms with Crippen LogP contribution in [0.4, 0.5) is 0 Å². The molecule has 13 amide bonds. The molecule has 34 nitrogen and oxygen atoms in total. The van der Waals surface area contributed by atoms with Crippen LogP contribution in [0.25, 0.3) is 0 Å². The Morgan fingerprint density at radius 3 is 1.53 bits per heavy atom. The van der Waals surface area contributed by atoms with Crippen molar-refractivity contribution in [3.8, 4) is 0 Å². The first-order valence-electron chi connectivity index (χ1n) is 33.6. The lowest BCUT2D eigenvalue weighted by Crippen LogP contribution is -2.67. The molecular weight excluding hydrogens is 1290 g/mol. The summed E-state index contributed by atoms with van der Waals surface area (Å²) in [7, 11) is 0. The van der Waals surface area contributed by atoms with E-state index in [0.717, 1.165) is 19.3 Å². The summed E-state index contributed by atoms with van der Waals surface area (Å²) in [6.45, 7) is 10.4. The third-order valence-corrected chi connectivity index (χ3v) is 18.1. The van der Waals surface area contributed by atoms with Crippen LogP contribution < -0.4 is 87.6 Å². The number of aromatic amines is 1. The predicted octanol–water partition coefficient (Wildman–Crippen LogP) is -2.77.